The van der Waals surface area contributed by atoms with Gasteiger partial charge in [-0.2, -0.15) is 0 Å². The van der Waals surface area contributed by atoms with Gasteiger partial charge in [0.15, 0.2) is 0 Å². The Kier molecular flexibility index (Phi) is 8.04. The molecule has 0 aromatic heterocycles. The molecule has 0 saturated heterocycles. The Labute approximate surface area is 169 Å². The molecule has 2 aromatic rings. The van der Waals surface area contributed by atoms with E-state index in [0.29, 0.717) is 12.5 Å². The van der Waals surface area contributed by atoms with E-state index in [-0.39, 0.29) is 10.8 Å². The van der Waals surface area contributed by atoms with Crippen LogP contribution in [0.4, 0.5) is 0 Å². The van der Waals surface area contributed by atoms with Gasteiger partial charge in [-0.25, -0.2) is 0 Å². The zero-order valence-electron chi connectivity index (χ0n) is 17.3. The summed E-state index contributed by atoms with van der Waals surface area (Å²) < 4.78 is 11.6. The van der Waals surface area contributed by atoms with Gasteiger partial charge in [0, 0.05) is 5.41 Å². The maximum absolute atomic E-state index is 6.12. The van der Waals surface area contributed by atoms with Crippen molar-refractivity contribution in [3.05, 3.63) is 59.7 Å². The van der Waals surface area contributed by atoms with Crippen molar-refractivity contribution in [1.29, 1.82) is 0 Å². The highest BCUT2D eigenvalue weighted by Gasteiger charge is 2.23. The van der Waals surface area contributed by atoms with E-state index in [9.17, 15) is 0 Å². The van der Waals surface area contributed by atoms with Crippen molar-refractivity contribution in [3.63, 3.8) is 0 Å². The fourth-order valence-electron chi connectivity index (χ4n) is 2.76. The summed E-state index contributed by atoms with van der Waals surface area (Å²) in [6.45, 7) is 12.2. The molecule has 148 valence electrons. The van der Waals surface area contributed by atoms with E-state index < -0.39 is 0 Å². The van der Waals surface area contributed by atoms with Gasteiger partial charge in [-0.1, -0.05) is 65.3 Å². The summed E-state index contributed by atoms with van der Waals surface area (Å²) in [5, 5.41) is 0.0576. The fourth-order valence-corrected chi connectivity index (χ4v) is 2.83. The molecule has 0 saturated carbocycles. The van der Waals surface area contributed by atoms with Crippen LogP contribution in [0.25, 0.3) is 0 Å². The molecule has 0 heterocycles. The molecule has 2 rings (SSSR count). The molecule has 27 heavy (non-hydrogen) atoms. The van der Waals surface area contributed by atoms with Crippen LogP contribution in [-0.2, 0) is 5.41 Å². The van der Waals surface area contributed by atoms with E-state index in [2.05, 4.69) is 71.0 Å². The second-order valence-corrected chi connectivity index (χ2v) is 8.43. The van der Waals surface area contributed by atoms with Gasteiger partial charge in [0.05, 0.1) is 12.0 Å². The largest absolute Gasteiger partial charge is 0.493 e. The summed E-state index contributed by atoms with van der Waals surface area (Å²) >= 11 is 6.12. The summed E-state index contributed by atoms with van der Waals surface area (Å²) in [7, 11) is 0. The lowest BCUT2D eigenvalue weighted by atomic mass is 9.78. The Morgan fingerprint density at radius 3 is 1.63 bits per heavy atom. The second kappa shape index (κ2) is 10.0. The van der Waals surface area contributed by atoms with Gasteiger partial charge in [0.25, 0.3) is 0 Å². The molecule has 0 amide bonds. The lowest BCUT2D eigenvalue weighted by molar-refractivity contribution is 0.256. The van der Waals surface area contributed by atoms with E-state index in [1.165, 1.54) is 11.1 Å². The van der Waals surface area contributed by atoms with Gasteiger partial charge < -0.3 is 9.47 Å². The number of benzene rings is 2. The monoisotopic (exact) mass is 388 g/mol. The minimum absolute atomic E-state index is 0.0576. The Hall–Kier alpha value is -1.67. The van der Waals surface area contributed by atoms with Gasteiger partial charge in [0.1, 0.15) is 18.1 Å². The molecule has 0 aliphatic heterocycles. The molecule has 0 N–H and O–H groups in total. The third-order valence-electron chi connectivity index (χ3n) is 5.26. The molecule has 0 aliphatic rings. The zero-order valence-corrected chi connectivity index (χ0v) is 18.1. The quantitative estimate of drug-likeness (QED) is 0.415. The van der Waals surface area contributed by atoms with Gasteiger partial charge in [-0.3, -0.25) is 0 Å². The Morgan fingerprint density at radius 1 is 0.778 bits per heavy atom. The van der Waals surface area contributed by atoms with Crippen molar-refractivity contribution in [1.82, 2.24) is 0 Å². The standard InChI is InChI=1S/C24H33ClO2/c1-6-18(3)16-26-22-12-8-19(9-13-22)24(4,5)20-10-14-23(15-11-20)27-17-21(25)7-2/h8-15,18,21H,6-7,16-17H2,1-5H3/t18-,21-/m1/s1. The maximum Gasteiger partial charge on any atom is 0.119 e. The summed E-state index contributed by atoms with van der Waals surface area (Å²) in [6.07, 6.45) is 2.04. The van der Waals surface area contributed by atoms with E-state index in [0.717, 1.165) is 30.9 Å². The van der Waals surface area contributed by atoms with E-state index in [1.54, 1.807) is 0 Å². The van der Waals surface area contributed by atoms with Crippen molar-refractivity contribution >= 4 is 11.6 Å². The van der Waals surface area contributed by atoms with Crippen LogP contribution in [0.1, 0.15) is 58.6 Å². The first-order valence-electron chi connectivity index (χ1n) is 9.97. The van der Waals surface area contributed by atoms with Crippen LogP contribution in [-0.4, -0.2) is 18.6 Å². The fraction of sp³-hybridized carbons (Fsp3) is 0.500. The van der Waals surface area contributed by atoms with Crippen molar-refractivity contribution in [3.8, 4) is 11.5 Å². The SMILES string of the molecule is CC[C@@H](C)COc1ccc(C(C)(C)c2ccc(OC[C@H](Cl)CC)cc2)cc1. The van der Waals surface area contributed by atoms with Crippen molar-refractivity contribution in [2.24, 2.45) is 5.92 Å². The summed E-state index contributed by atoms with van der Waals surface area (Å²) in [5.41, 5.74) is 2.42. The lowest BCUT2D eigenvalue weighted by Crippen LogP contribution is -2.19. The highest BCUT2D eigenvalue weighted by atomic mass is 35.5. The lowest BCUT2D eigenvalue weighted by Gasteiger charge is -2.26. The summed E-state index contributed by atoms with van der Waals surface area (Å²) in [4.78, 5) is 0. The molecular formula is C24H33ClO2. The molecule has 2 aromatic carbocycles. The predicted molar refractivity (Wildman–Crippen MR) is 115 cm³/mol. The van der Waals surface area contributed by atoms with Gasteiger partial charge >= 0.3 is 0 Å². The third-order valence-corrected chi connectivity index (χ3v) is 5.69. The average Bonchev–Trinajstić information content (AvgIpc) is 2.70. The first-order valence-corrected chi connectivity index (χ1v) is 10.4. The second-order valence-electron chi connectivity index (χ2n) is 7.81. The van der Waals surface area contributed by atoms with Crippen LogP contribution in [0.2, 0.25) is 0 Å². The van der Waals surface area contributed by atoms with Crippen LogP contribution < -0.4 is 9.47 Å². The zero-order chi connectivity index (χ0) is 19.9. The van der Waals surface area contributed by atoms with Gasteiger partial charge in [0.2, 0.25) is 0 Å². The van der Waals surface area contributed by atoms with E-state index in [4.69, 9.17) is 21.1 Å². The summed E-state index contributed by atoms with van der Waals surface area (Å²) in [5.74, 6) is 2.38. The number of halogens is 1. The highest BCUT2D eigenvalue weighted by molar-refractivity contribution is 6.20. The maximum atomic E-state index is 6.12. The Balaban J connectivity index is 2.04. The molecule has 2 nitrogen and oxygen atoms in total. The first-order chi connectivity index (χ1) is 12.9. The number of alkyl halides is 1. The molecule has 3 heteroatoms. The smallest absolute Gasteiger partial charge is 0.119 e. The van der Waals surface area contributed by atoms with Crippen molar-refractivity contribution in [2.45, 2.75) is 58.3 Å². The van der Waals surface area contributed by atoms with Crippen LogP contribution in [0.5, 0.6) is 11.5 Å². The number of ether oxygens (including phenoxy) is 2. The van der Waals surface area contributed by atoms with Crippen LogP contribution in [0.3, 0.4) is 0 Å². The van der Waals surface area contributed by atoms with Gasteiger partial charge in [-0.15, -0.1) is 11.6 Å². The number of rotatable bonds is 10. The number of hydrogen-bond donors (Lipinski definition) is 0. The molecule has 2 atom stereocenters. The number of hydrogen-bond acceptors (Lipinski definition) is 2. The van der Waals surface area contributed by atoms with Crippen LogP contribution in [0.15, 0.2) is 48.5 Å². The van der Waals surface area contributed by atoms with E-state index >= 15 is 0 Å². The van der Waals surface area contributed by atoms with Gasteiger partial charge in [-0.05, 0) is 47.7 Å². The minimum atomic E-state index is -0.0911. The van der Waals surface area contributed by atoms with Crippen LogP contribution in [0, 0.1) is 5.92 Å². The van der Waals surface area contributed by atoms with Crippen molar-refractivity contribution < 1.29 is 9.47 Å². The third kappa shape index (κ3) is 6.17. The predicted octanol–water partition coefficient (Wildman–Crippen LogP) is 6.83. The molecule has 0 unspecified atom stereocenters. The molecule has 0 radical (unpaired) electrons. The van der Waals surface area contributed by atoms with E-state index in [1.807, 2.05) is 12.1 Å². The average molecular weight is 389 g/mol. The van der Waals surface area contributed by atoms with Crippen molar-refractivity contribution in [2.75, 3.05) is 13.2 Å². The molecule has 0 bridgehead atoms. The molecule has 0 aliphatic carbocycles. The topological polar surface area (TPSA) is 18.5 Å². The molecule has 0 fully saturated rings. The highest BCUT2D eigenvalue weighted by Crippen LogP contribution is 2.33. The minimum Gasteiger partial charge on any atom is -0.493 e. The summed E-state index contributed by atoms with van der Waals surface area (Å²) in [6, 6.07) is 16.8. The Morgan fingerprint density at radius 2 is 1.22 bits per heavy atom. The molecule has 0 spiro atoms. The first kappa shape index (κ1) is 21.6. The van der Waals surface area contributed by atoms with Crippen LogP contribution >= 0.6 is 11.6 Å². The molecular weight excluding hydrogens is 356 g/mol. The Bertz CT molecular complexity index is 617. The normalized spacial score (nSPS) is 13.9.